The lowest BCUT2D eigenvalue weighted by molar-refractivity contribution is 0.304. The van der Waals surface area contributed by atoms with Crippen molar-refractivity contribution in [3.05, 3.63) is 0 Å². The van der Waals surface area contributed by atoms with E-state index in [1.54, 1.807) is 19.3 Å². The fourth-order valence-corrected chi connectivity index (χ4v) is 2.97. The van der Waals surface area contributed by atoms with E-state index in [1.165, 1.54) is 19.3 Å². The van der Waals surface area contributed by atoms with Crippen LogP contribution < -0.4 is 0 Å². The zero-order valence-corrected chi connectivity index (χ0v) is 7.90. The summed E-state index contributed by atoms with van der Waals surface area (Å²) in [6.07, 6.45) is 9.24. The topological polar surface area (TPSA) is 0 Å². The Morgan fingerprint density at radius 3 is 2.55 bits per heavy atom. The standard InChI is InChI=1S/C11H20/c1-9(2)8-10-4-3-5-11(10)6-7-11/h9-10H,3-8H2,1-2H3. The van der Waals surface area contributed by atoms with E-state index >= 15 is 0 Å². The van der Waals surface area contributed by atoms with Crippen molar-refractivity contribution in [3.8, 4) is 0 Å². The van der Waals surface area contributed by atoms with Crippen LogP contribution in [0.1, 0.15) is 52.4 Å². The van der Waals surface area contributed by atoms with E-state index in [0.29, 0.717) is 0 Å². The second kappa shape index (κ2) is 2.50. The molecule has 0 N–H and O–H groups in total. The molecular weight excluding hydrogens is 132 g/mol. The van der Waals surface area contributed by atoms with Crippen LogP contribution >= 0.6 is 0 Å². The molecule has 2 aliphatic carbocycles. The van der Waals surface area contributed by atoms with Gasteiger partial charge in [-0.15, -0.1) is 0 Å². The van der Waals surface area contributed by atoms with Gasteiger partial charge in [0, 0.05) is 0 Å². The third-order valence-electron chi connectivity index (χ3n) is 3.74. The number of hydrogen-bond acceptors (Lipinski definition) is 0. The Morgan fingerprint density at radius 1 is 1.27 bits per heavy atom. The molecule has 2 aliphatic rings. The molecule has 0 aromatic rings. The molecule has 0 bridgehead atoms. The second-order valence-corrected chi connectivity index (χ2v) is 5.08. The first-order chi connectivity index (χ1) is 5.23. The van der Waals surface area contributed by atoms with Crippen molar-refractivity contribution < 1.29 is 0 Å². The van der Waals surface area contributed by atoms with Crippen LogP contribution in [0.2, 0.25) is 0 Å². The minimum Gasteiger partial charge on any atom is -0.0628 e. The Hall–Kier alpha value is 0. The van der Waals surface area contributed by atoms with Crippen LogP contribution in [-0.4, -0.2) is 0 Å². The average Bonchev–Trinajstić information content (AvgIpc) is 2.56. The monoisotopic (exact) mass is 152 g/mol. The SMILES string of the molecule is CC(C)CC1CCCC12CC2. The van der Waals surface area contributed by atoms with Gasteiger partial charge in [-0.1, -0.05) is 20.3 Å². The Labute approximate surface area is 70.4 Å². The highest BCUT2D eigenvalue weighted by molar-refractivity contribution is 5.02. The van der Waals surface area contributed by atoms with Gasteiger partial charge in [0.2, 0.25) is 0 Å². The molecular formula is C11H20. The lowest BCUT2D eigenvalue weighted by atomic mass is 9.86. The lowest BCUT2D eigenvalue weighted by Crippen LogP contribution is -2.10. The number of rotatable bonds is 2. The zero-order valence-electron chi connectivity index (χ0n) is 7.90. The second-order valence-electron chi connectivity index (χ2n) is 5.08. The molecule has 0 saturated heterocycles. The highest BCUT2D eigenvalue weighted by Crippen LogP contribution is 2.62. The van der Waals surface area contributed by atoms with Crippen molar-refractivity contribution in [2.75, 3.05) is 0 Å². The van der Waals surface area contributed by atoms with Gasteiger partial charge in [0.1, 0.15) is 0 Å². The van der Waals surface area contributed by atoms with Gasteiger partial charge >= 0.3 is 0 Å². The fourth-order valence-electron chi connectivity index (χ4n) is 2.97. The molecule has 0 aromatic heterocycles. The summed E-state index contributed by atoms with van der Waals surface area (Å²) in [5.74, 6) is 2.04. The zero-order chi connectivity index (χ0) is 7.90. The molecule has 2 fully saturated rings. The normalized spacial score (nSPS) is 33.5. The first-order valence-corrected chi connectivity index (χ1v) is 5.23. The van der Waals surface area contributed by atoms with Crippen LogP contribution in [0.15, 0.2) is 0 Å². The molecule has 11 heavy (non-hydrogen) atoms. The van der Waals surface area contributed by atoms with Crippen molar-refractivity contribution in [2.45, 2.75) is 52.4 Å². The Balaban J connectivity index is 1.92. The minimum atomic E-state index is 0.893. The predicted molar refractivity (Wildman–Crippen MR) is 48.5 cm³/mol. The molecule has 0 radical (unpaired) electrons. The molecule has 0 aromatic carbocycles. The molecule has 0 amide bonds. The highest BCUT2D eigenvalue weighted by atomic mass is 14.6. The largest absolute Gasteiger partial charge is 0.0628 e. The summed E-state index contributed by atoms with van der Waals surface area (Å²) in [5.41, 5.74) is 0.893. The summed E-state index contributed by atoms with van der Waals surface area (Å²) in [6.45, 7) is 4.74. The van der Waals surface area contributed by atoms with Crippen molar-refractivity contribution in [2.24, 2.45) is 17.3 Å². The fraction of sp³-hybridized carbons (Fsp3) is 1.00. The average molecular weight is 152 g/mol. The van der Waals surface area contributed by atoms with Crippen molar-refractivity contribution >= 4 is 0 Å². The molecule has 0 aliphatic heterocycles. The molecule has 2 saturated carbocycles. The summed E-state index contributed by atoms with van der Waals surface area (Å²) in [7, 11) is 0. The van der Waals surface area contributed by atoms with E-state index in [2.05, 4.69) is 13.8 Å². The first-order valence-electron chi connectivity index (χ1n) is 5.23. The number of hydrogen-bond donors (Lipinski definition) is 0. The van der Waals surface area contributed by atoms with Gasteiger partial charge in [0.05, 0.1) is 0 Å². The summed E-state index contributed by atoms with van der Waals surface area (Å²) in [6, 6.07) is 0. The summed E-state index contributed by atoms with van der Waals surface area (Å²) in [4.78, 5) is 0. The first kappa shape index (κ1) is 7.64. The Bertz CT molecular complexity index is 142. The molecule has 1 atom stereocenters. The maximum Gasteiger partial charge on any atom is -0.0269 e. The third kappa shape index (κ3) is 1.32. The molecule has 64 valence electrons. The van der Waals surface area contributed by atoms with E-state index in [0.717, 1.165) is 17.3 Å². The van der Waals surface area contributed by atoms with Crippen LogP contribution in [0, 0.1) is 17.3 Å². The quantitative estimate of drug-likeness (QED) is 0.567. The van der Waals surface area contributed by atoms with E-state index in [4.69, 9.17) is 0 Å². The lowest BCUT2D eigenvalue weighted by Gasteiger charge is -2.19. The molecule has 1 unspecified atom stereocenters. The van der Waals surface area contributed by atoms with Gasteiger partial charge in [-0.2, -0.15) is 0 Å². The van der Waals surface area contributed by atoms with E-state index < -0.39 is 0 Å². The van der Waals surface area contributed by atoms with Crippen molar-refractivity contribution in [1.82, 2.24) is 0 Å². The molecule has 0 heterocycles. The highest BCUT2D eigenvalue weighted by Gasteiger charge is 2.51. The van der Waals surface area contributed by atoms with Gasteiger partial charge in [-0.3, -0.25) is 0 Å². The van der Waals surface area contributed by atoms with Gasteiger partial charge in [0.15, 0.2) is 0 Å². The van der Waals surface area contributed by atoms with Crippen molar-refractivity contribution in [3.63, 3.8) is 0 Å². The molecule has 0 nitrogen and oxygen atoms in total. The van der Waals surface area contributed by atoms with E-state index in [-0.39, 0.29) is 0 Å². The molecule has 0 heteroatoms. The van der Waals surface area contributed by atoms with Crippen LogP contribution in [0.4, 0.5) is 0 Å². The Morgan fingerprint density at radius 2 is 2.00 bits per heavy atom. The van der Waals surface area contributed by atoms with Gasteiger partial charge in [-0.25, -0.2) is 0 Å². The smallest absolute Gasteiger partial charge is 0.0269 e. The van der Waals surface area contributed by atoms with E-state index in [1.807, 2.05) is 0 Å². The van der Waals surface area contributed by atoms with Crippen LogP contribution in [-0.2, 0) is 0 Å². The molecule has 2 rings (SSSR count). The summed E-state index contributed by atoms with van der Waals surface area (Å²) < 4.78 is 0. The summed E-state index contributed by atoms with van der Waals surface area (Å²) in [5, 5.41) is 0. The summed E-state index contributed by atoms with van der Waals surface area (Å²) >= 11 is 0. The van der Waals surface area contributed by atoms with Gasteiger partial charge in [0.25, 0.3) is 0 Å². The van der Waals surface area contributed by atoms with Crippen LogP contribution in [0.5, 0.6) is 0 Å². The van der Waals surface area contributed by atoms with Crippen LogP contribution in [0.25, 0.3) is 0 Å². The maximum atomic E-state index is 2.37. The van der Waals surface area contributed by atoms with Gasteiger partial charge < -0.3 is 0 Å². The van der Waals surface area contributed by atoms with E-state index in [9.17, 15) is 0 Å². The maximum absolute atomic E-state index is 2.37. The van der Waals surface area contributed by atoms with Crippen LogP contribution in [0.3, 0.4) is 0 Å². The Kier molecular flexibility index (Phi) is 1.74. The minimum absolute atomic E-state index is 0.893. The third-order valence-corrected chi connectivity index (χ3v) is 3.74. The predicted octanol–water partition coefficient (Wildman–Crippen LogP) is 3.61. The molecule has 1 spiro atoms. The van der Waals surface area contributed by atoms with Gasteiger partial charge in [-0.05, 0) is 49.4 Å². The van der Waals surface area contributed by atoms with Crippen molar-refractivity contribution in [1.29, 1.82) is 0 Å².